The number of phenols is 1. The molecule has 2 aromatic carbocycles. The number of thiocarbonyl (C=S) groups is 1. The molecule has 0 bridgehead atoms. The predicted molar refractivity (Wildman–Crippen MR) is 95.9 cm³/mol. The summed E-state index contributed by atoms with van der Waals surface area (Å²) in [7, 11) is 0. The van der Waals surface area contributed by atoms with Gasteiger partial charge in [-0.15, -0.1) is 0 Å². The van der Waals surface area contributed by atoms with E-state index >= 15 is 0 Å². The van der Waals surface area contributed by atoms with Crippen LogP contribution in [-0.2, 0) is 4.79 Å². The Bertz CT molecular complexity index is 919. The third kappa shape index (κ3) is 2.61. The Balaban J connectivity index is 2.07. The summed E-state index contributed by atoms with van der Waals surface area (Å²) in [6, 6.07) is 12.0. The summed E-state index contributed by atoms with van der Waals surface area (Å²) < 4.78 is 14.0. The molecule has 0 saturated carbocycles. The largest absolute Gasteiger partial charge is 0.508 e. The van der Waals surface area contributed by atoms with Crippen molar-refractivity contribution in [1.29, 1.82) is 5.26 Å². The zero-order valence-corrected chi connectivity index (χ0v) is 14.3. The van der Waals surface area contributed by atoms with Gasteiger partial charge in [-0.1, -0.05) is 0 Å². The first-order valence-electron chi connectivity index (χ1n) is 7.45. The van der Waals surface area contributed by atoms with E-state index in [0.717, 1.165) is 6.07 Å². The number of halogens is 1. The van der Waals surface area contributed by atoms with Gasteiger partial charge in [0.25, 0.3) is 5.91 Å². The van der Waals surface area contributed by atoms with Crippen LogP contribution in [0.15, 0.2) is 42.5 Å². The van der Waals surface area contributed by atoms with Crippen molar-refractivity contribution in [3.05, 3.63) is 53.8 Å². The summed E-state index contributed by atoms with van der Waals surface area (Å²) >= 11 is 5.47. The molecule has 1 aliphatic heterocycles. The number of amides is 1. The molecule has 0 spiro atoms. The number of carbonyl (C=O) groups is 1. The van der Waals surface area contributed by atoms with Crippen molar-refractivity contribution in [1.82, 2.24) is 0 Å². The quantitative estimate of drug-likeness (QED) is 0.837. The van der Waals surface area contributed by atoms with Crippen molar-refractivity contribution in [3.8, 4) is 11.8 Å². The lowest BCUT2D eigenvalue weighted by molar-refractivity contribution is -0.120. The van der Waals surface area contributed by atoms with Gasteiger partial charge >= 0.3 is 0 Å². The summed E-state index contributed by atoms with van der Waals surface area (Å²) in [5.74, 6) is -0.921. The molecule has 1 N–H and O–H groups in total. The van der Waals surface area contributed by atoms with Crippen LogP contribution in [0.25, 0.3) is 0 Å². The molecule has 5 nitrogen and oxygen atoms in total. The number of anilines is 2. The molecule has 0 aliphatic carbocycles. The lowest BCUT2D eigenvalue weighted by Crippen LogP contribution is -2.44. The molecule has 0 aromatic heterocycles. The number of phenolic OH excluding ortho intramolecular Hbond substituents is 1. The number of aromatic hydroxyl groups is 1. The normalized spacial score (nSPS) is 16.2. The molecule has 2 aromatic rings. The number of nitriles is 1. The van der Waals surface area contributed by atoms with Crippen molar-refractivity contribution in [2.75, 3.05) is 9.80 Å². The molecule has 1 aliphatic rings. The molecular weight excluding hydrogens is 341 g/mol. The topological polar surface area (TPSA) is 67.6 Å². The third-order valence-electron chi connectivity index (χ3n) is 4.11. The lowest BCUT2D eigenvalue weighted by atomic mass is 10.0. The molecule has 7 heteroatoms. The van der Waals surface area contributed by atoms with Crippen LogP contribution in [0.5, 0.6) is 5.75 Å². The second kappa shape index (κ2) is 5.83. The molecule has 0 radical (unpaired) electrons. The number of nitrogens with zero attached hydrogens (tertiary/aromatic N) is 3. The highest BCUT2D eigenvalue weighted by atomic mass is 32.1. The van der Waals surface area contributed by atoms with E-state index in [9.17, 15) is 14.3 Å². The standard InChI is InChI=1S/C18H14FN3O2S/c1-18(2)16(24)21(13-4-3-11(10-20)15(19)9-13)17(25)22(18)12-5-7-14(23)8-6-12/h3-9,23H,1-2H3. The maximum atomic E-state index is 14.0. The average molecular weight is 355 g/mol. The highest BCUT2D eigenvalue weighted by Crippen LogP contribution is 2.37. The number of rotatable bonds is 2. The van der Waals surface area contributed by atoms with E-state index in [2.05, 4.69) is 0 Å². The Kier molecular flexibility index (Phi) is 3.93. The van der Waals surface area contributed by atoms with Crippen LogP contribution < -0.4 is 9.80 Å². The zero-order valence-electron chi connectivity index (χ0n) is 13.5. The van der Waals surface area contributed by atoms with Gasteiger partial charge in [-0.3, -0.25) is 9.69 Å². The van der Waals surface area contributed by atoms with Gasteiger partial charge < -0.3 is 10.0 Å². The van der Waals surface area contributed by atoms with Crippen LogP contribution in [0.3, 0.4) is 0 Å². The second-order valence-corrected chi connectivity index (χ2v) is 6.48. The average Bonchev–Trinajstić information content (AvgIpc) is 2.74. The second-order valence-electron chi connectivity index (χ2n) is 6.11. The Hall–Kier alpha value is -2.98. The lowest BCUT2D eigenvalue weighted by Gasteiger charge is -2.29. The molecule has 3 rings (SSSR count). The molecule has 1 fully saturated rings. The first-order chi connectivity index (χ1) is 11.8. The third-order valence-corrected chi connectivity index (χ3v) is 4.47. The van der Waals surface area contributed by atoms with Crippen molar-refractivity contribution in [2.45, 2.75) is 19.4 Å². The van der Waals surface area contributed by atoms with Crippen LogP contribution in [0, 0.1) is 17.1 Å². The maximum absolute atomic E-state index is 14.0. The monoisotopic (exact) mass is 355 g/mol. The van der Waals surface area contributed by atoms with Crippen molar-refractivity contribution < 1.29 is 14.3 Å². The smallest absolute Gasteiger partial charge is 0.259 e. The van der Waals surface area contributed by atoms with E-state index in [1.165, 1.54) is 29.2 Å². The first kappa shape index (κ1) is 16.9. The SMILES string of the molecule is CC1(C)C(=O)N(c2ccc(C#N)c(F)c2)C(=S)N1c1ccc(O)cc1. The van der Waals surface area contributed by atoms with Gasteiger partial charge in [0.1, 0.15) is 23.2 Å². The van der Waals surface area contributed by atoms with Crippen LogP contribution in [0.1, 0.15) is 19.4 Å². The Morgan fingerprint density at radius 1 is 1.16 bits per heavy atom. The molecule has 1 saturated heterocycles. The first-order valence-corrected chi connectivity index (χ1v) is 7.85. The molecule has 0 atom stereocenters. The van der Waals surface area contributed by atoms with E-state index in [0.29, 0.717) is 5.69 Å². The maximum Gasteiger partial charge on any atom is 0.259 e. The van der Waals surface area contributed by atoms with Crippen molar-refractivity contribution in [2.24, 2.45) is 0 Å². The number of benzene rings is 2. The van der Waals surface area contributed by atoms with E-state index < -0.39 is 11.4 Å². The molecular formula is C18H14FN3O2S. The Morgan fingerprint density at radius 3 is 2.32 bits per heavy atom. The minimum Gasteiger partial charge on any atom is -0.508 e. The summed E-state index contributed by atoms with van der Waals surface area (Å²) in [5.41, 5.74) is -0.187. The molecule has 1 amide bonds. The van der Waals surface area contributed by atoms with Crippen LogP contribution >= 0.6 is 12.2 Å². The fourth-order valence-electron chi connectivity index (χ4n) is 2.79. The molecule has 126 valence electrons. The predicted octanol–water partition coefficient (Wildman–Crippen LogP) is 3.32. The van der Waals surface area contributed by atoms with Crippen LogP contribution in [0.2, 0.25) is 0 Å². The van der Waals surface area contributed by atoms with Gasteiger partial charge in [-0.05, 0) is 68.5 Å². The minimum absolute atomic E-state index is 0.101. The van der Waals surface area contributed by atoms with Crippen LogP contribution in [-0.4, -0.2) is 21.7 Å². The van der Waals surface area contributed by atoms with Crippen molar-refractivity contribution in [3.63, 3.8) is 0 Å². The zero-order chi connectivity index (χ0) is 18.4. The van der Waals surface area contributed by atoms with E-state index in [1.54, 1.807) is 36.9 Å². The Morgan fingerprint density at radius 2 is 1.76 bits per heavy atom. The van der Waals surface area contributed by atoms with E-state index in [1.807, 2.05) is 0 Å². The summed E-state index contributed by atoms with van der Waals surface area (Å²) in [5, 5.41) is 18.5. The highest BCUT2D eigenvalue weighted by Gasteiger charge is 2.50. The van der Waals surface area contributed by atoms with Gasteiger partial charge in [-0.2, -0.15) is 5.26 Å². The number of hydrogen-bond acceptors (Lipinski definition) is 4. The summed E-state index contributed by atoms with van der Waals surface area (Å²) in [4.78, 5) is 15.8. The molecule has 25 heavy (non-hydrogen) atoms. The summed E-state index contributed by atoms with van der Waals surface area (Å²) in [6.07, 6.45) is 0. The van der Waals surface area contributed by atoms with E-state index in [-0.39, 0.29) is 28.0 Å². The fourth-order valence-corrected chi connectivity index (χ4v) is 3.31. The van der Waals surface area contributed by atoms with Crippen LogP contribution in [0.4, 0.5) is 15.8 Å². The number of hydrogen-bond donors (Lipinski definition) is 1. The Labute approximate surface area is 149 Å². The van der Waals surface area contributed by atoms with Gasteiger partial charge in [0.15, 0.2) is 5.11 Å². The number of carbonyl (C=O) groups excluding carboxylic acids is 1. The molecule has 0 unspecified atom stereocenters. The van der Waals surface area contributed by atoms with Gasteiger partial charge in [-0.25, -0.2) is 4.39 Å². The highest BCUT2D eigenvalue weighted by molar-refractivity contribution is 7.81. The van der Waals surface area contributed by atoms with Gasteiger partial charge in [0.2, 0.25) is 0 Å². The van der Waals surface area contributed by atoms with Gasteiger partial charge in [0.05, 0.1) is 11.3 Å². The van der Waals surface area contributed by atoms with Crippen molar-refractivity contribution >= 4 is 34.6 Å². The molecule has 1 heterocycles. The fraction of sp³-hybridized carbons (Fsp3) is 0.167. The minimum atomic E-state index is -0.988. The van der Waals surface area contributed by atoms with E-state index in [4.69, 9.17) is 17.5 Å². The summed E-state index contributed by atoms with van der Waals surface area (Å²) in [6.45, 7) is 3.43. The van der Waals surface area contributed by atoms with Gasteiger partial charge in [0, 0.05) is 5.69 Å².